The number of hydrogen-bond acceptors (Lipinski definition) is 5. The number of para-hydroxylation sites is 1. The van der Waals surface area contributed by atoms with Gasteiger partial charge in [-0.2, -0.15) is 0 Å². The molecule has 0 aliphatic rings. The third kappa shape index (κ3) is 5.78. The molecule has 0 unspecified atom stereocenters. The molecule has 8 aromatic carbocycles. The van der Waals surface area contributed by atoms with Crippen molar-refractivity contribution < 1.29 is 4.42 Å². The quantitative estimate of drug-likeness (QED) is 0.169. The van der Waals surface area contributed by atoms with Crippen molar-refractivity contribution in [3.8, 4) is 67.3 Å². The molecule has 0 aliphatic heterocycles. The van der Waals surface area contributed by atoms with Crippen LogP contribution < -0.4 is 0 Å². The topological polar surface area (TPSA) is 51.8 Å². The molecule has 0 saturated heterocycles. The highest BCUT2D eigenvalue weighted by Crippen LogP contribution is 2.44. The SMILES string of the molecule is c1ccc(-c2cc(-c3ccc(-c4ccc(-c5ccc6c(c5)sc5ccccc56)c5c4oc4ccccc45)cc3)nc(-c3ccc(-c4cccc5ncccc45)cc3)n2)cc1. The lowest BCUT2D eigenvalue weighted by Crippen LogP contribution is -1.96. The van der Waals surface area contributed by atoms with Gasteiger partial charge in [0.15, 0.2) is 5.82 Å². The van der Waals surface area contributed by atoms with E-state index in [9.17, 15) is 0 Å². The first kappa shape index (κ1) is 34.3. The lowest BCUT2D eigenvalue weighted by molar-refractivity contribution is 0.670. The van der Waals surface area contributed by atoms with Gasteiger partial charge < -0.3 is 4.42 Å². The molecule has 0 spiro atoms. The Kier molecular flexibility index (Phi) is 8.00. The van der Waals surface area contributed by atoms with Gasteiger partial charge in [0.2, 0.25) is 0 Å². The molecule has 5 heteroatoms. The maximum absolute atomic E-state index is 6.72. The fourth-order valence-electron chi connectivity index (χ4n) is 8.65. The summed E-state index contributed by atoms with van der Waals surface area (Å²) in [6.45, 7) is 0. The van der Waals surface area contributed by atoms with Crippen LogP contribution >= 0.6 is 11.3 Å². The van der Waals surface area contributed by atoms with Gasteiger partial charge >= 0.3 is 0 Å². The van der Waals surface area contributed by atoms with Gasteiger partial charge in [0.1, 0.15) is 11.2 Å². The van der Waals surface area contributed by atoms with Crippen molar-refractivity contribution in [2.75, 3.05) is 0 Å². The molecular formula is C55H33N3OS. The Bertz CT molecular complexity index is 3580. The average molecular weight is 784 g/mol. The third-order valence-electron chi connectivity index (χ3n) is 11.6. The molecule has 4 heterocycles. The van der Waals surface area contributed by atoms with Crippen molar-refractivity contribution in [2.24, 2.45) is 0 Å². The smallest absolute Gasteiger partial charge is 0.160 e. The van der Waals surface area contributed by atoms with E-state index in [1.165, 1.54) is 31.3 Å². The van der Waals surface area contributed by atoms with Gasteiger partial charge in [-0.15, -0.1) is 11.3 Å². The van der Waals surface area contributed by atoms with Crippen LogP contribution in [0.1, 0.15) is 0 Å². The summed E-state index contributed by atoms with van der Waals surface area (Å²) in [6, 6.07) is 68.3. The summed E-state index contributed by atoms with van der Waals surface area (Å²) in [4.78, 5) is 14.8. The number of pyridine rings is 1. The molecule has 60 heavy (non-hydrogen) atoms. The highest BCUT2D eigenvalue weighted by Gasteiger charge is 2.19. The van der Waals surface area contributed by atoms with E-state index in [2.05, 4.69) is 163 Å². The second-order valence-electron chi connectivity index (χ2n) is 15.1. The Hall–Kier alpha value is -7.73. The molecule has 280 valence electrons. The van der Waals surface area contributed by atoms with Crippen LogP contribution in [0.2, 0.25) is 0 Å². The highest BCUT2D eigenvalue weighted by molar-refractivity contribution is 7.25. The number of fused-ring (bicyclic) bond motifs is 7. The van der Waals surface area contributed by atoms with Crippen molar-refractivity contribution in [1.82, 2.24) is 15.0 Å². The van der Waals surface area contributed by atoms with Crippen molar-refractivity contribution in [1.29, 1.82) is 0 Å². The molecule has 12 rings (SSSR count). The van der Waals surface area contributed by atoms with E-state index in [1.807, 2.05) is 53.9 Å². The van der Waals surface area contributed by atoms with Crippen LogP contribution in [0.3, 0.4) is 0 Å². The Balaban J connectivity index is 0.937. The van der Waals surface area contributed by atoms with Gasteiger partial charge in [-0.05, 0) is 70.3 Å². The minimum atomic E-state index is 0.676. The monoisotopic (exact) mass is 783 g/mol. The number of furan rings is 1. The summed E-state index contributed by atoms with van der Waals surface area (Å²) in [7, 11) is 0. The number of hydrogen-bond donors (Lipinski definition) is 0. The molecule has 4 nitrogen and oxygen atoms in total. The minimum absolute atomic E-state index is 0.676. The first-order chi connectivity index (χ1) is 29.7. The summed E-state index contributed by atoms with van der Waals surface area (Å²) >= 11 is 1.85. The van der Waals surface area contributed by atoms with Gasteiger partial charge in [0.25, 0.3) is 0 Å². The van der Waals surface area contributed by atoms with Crippen LogP contribution in [0, 0.1) is 0 Å². The lowest BCUT2D eigenvalue weighted by Gasteiger charge is -2.12. The van der Waals surface area contributed by atoms with Crippen LogP contribution in [0.4, 0.5) is 0 Å². The highest BCUT2D eigenvalue weighted by atomic mass is 32.1. The zero-order valence-corrected chi connectivity index (χ0v) is 33.0. The molecular weight excluding hydrogens is 751 g/mol. The van der Waals surface area contributed by atoms with E-state index < -0.39 is 0 Å². The van der Waals surface area contributed by atoms with E-state index in [4.69, 9.17) is 14.4 Å². The van der Waals surface area contributed by atoms with E-state index in [-0.39, 0.29) is 0 Å². The first-order valence-corrected chi connectivity index (χ1v) is 20.9. The maximum atomic E-state index is 6.72. The predicted octanol–water partition coefficient (Wildman–Crippen LogP) is 15.3. The van der Waals surface area contributed by atoms with Crippen molar-refractivity contribution in [2.45, 2.75) is 0 Å². The number of rotatable bonds is 6. The van der Waals surface area contributed by atoms with E-state index >= 15 is 0 Å². The zero-order chi connectivity index (χ0) is 39.6. The standard InChI is InChI=1S/C55H33N3OS/c1-2-10-36(11-3-1)48-33-49(58-55(57-48)38-25-21-34(22-26-38)40-14-8-16-47-43(40)15-9-31-56-47)37-23-19-35(20-24-37)42-30-29-41(53-46-13-4-6-17-50(46)59-54(42)53)39-27-28-45-44-12-5-7-18-51(44)60-52(45)32-39/h1-33H. The molecule has 0 saturated carbocycles. The van der Waals surface area contributed by atoms with Gasteiger partial charge in [0.05, 0.1) is 16.9 Å². The van der Waals surface area contributed by atoms with Crippen LogP contribution in [0.15, 0.2) is 205 Å². The Labute approximate surface area is 349 Å². The van der Waals surface area contributed by atoms with Crippen molar-refractivity contribution in [3.63, 3.8) is 0 Å². The molecule has 0 bridgehead atoms. The molecule has 4 aromatic heterocycles. The molecule has 0 fully saturated rings. The fraction of sp³-hybridized carbons (Fsp3) is 0. The summed E-state index contributed by atoms with van der Waals surface area (Å²) in [5, 5.41) is 5.97. The van der Waals surface area contributed by atoms with Crippen LogP contribution in [0.5, 0.6) is 0 Å². The maximum Gasteiger partial charge on any atom is 0.160 e. The molecule has 0 radical (unpaired) electrons. The second kappa shape index (κ2) is 14.0. The number of benzene rings is 8. The summed E-state index contributed by atoms with van der Waals surface area (Å²) in [5.74, 6) is 0.676. The Morgan fingerprint density at radius 1 is 0.383 bits per heavy atom. The largest absolute Gasteiger partial charge is 0.455 e. The van der Waals surface area contributed by atoms with Gasteiger partial charge in [0, 0.05) is 64.8 Å². The molecule has 12 aromatic rings. The predicted molar refractivity (Wildman–Crippen MR) is 250 cm³/mol. The van der Waals surface area contributed by atoms with E-state index in [1.54, 1.807) is 0 Å². The van der Waals surface area contributed by atoms with Crippen LogP contribution in [-0.2, 0) is 0 Å². The average Bonchev–Trinajstić information content (AvgIpc) is 3.90. The van der Waals surface area contributed by atoms with E-state index in [0.29, 0.717) is 5.82 Å². The third-order valence-corrected chi connectivity index (χ3v) is 12.7. The lowest BCUT2D eigenvalue weighted by atomic mass is 9.94. The summed E-state index contributed by atoms with van der Waals surface area (Å²) in [5.41, 5.74) is 14.2. The number of nitrogens with zero attached hydrogens (tertiary/aromatic N) is 3. The van der Waals surface area contributed by atoms with Gasteiger partial charge in [-0.25, -0.2) is 9.97 Å². The number of aromatic nitrogens is 3. The van der Waals surface area contributed by atoms with Crippen molar-refractivity contribution >= 4 is 64.4 Å². The molecule has 0 aliphatic carbocycles. The van der Waals surface area contributed by atoms with Crippen LogP contribution in [-0.4, -0.2) is 15.0 Å². The molecule has 0 amide bonds. The normalized spacial score (nSPS) is 11.7. The second-order valence-corrected chi connectivity index (χ2v) is 16.2. The fourth-order valence-corrected chi connectivity index (χ4v) is 9.79. The summed E-state index contributed by atoms with van der Waals surface area (Å²) in [6.07, 6.45) is 1.84. The Morgan fingerprint density at radius 2 is 1.02 bits per heavy atom. The van der Waals surface area contributed by atoms with E-state index in [0.717, 1.165) is 83.2 Å². The first-order valence-electron chi connectivity index (χ1n) is 20.1. The van der Waals surface area contributed by atoms with Crippen LogP contribution in [0.25, 0.3) is 120 Å². The molecule has 0 N–H and O–H groups in total. The van der Waals surface area contributed by atoms with Gasteiger partial charge in [-0.3, -0.25) is 4.98 Å². The minimum Gasteiger partial charge on any atom is -0.455 e. The molecule has 0 atom stereocenters. The zero-order valence-electron chi connectivity index (χ0n) is 32.2. The number of thiophene rings is 1. The summed E-state index contributed by atoms with van der Waals surface area (Å²) < 4.78 is 9.31. The van der Waals surface area contributed by atoms with Gasteiger partial charge in [-0.1, -0.05) is 152 Å². The Morgan fingerprint density at radius 3 is 1.85 bits per heavy atom. The van der Waals surface area contributed by atoms with Crippen molar-refractivity contribution in [3.05, 3.63) is 200 Å².